The number of rotatable bonds is 7. The van der Waals surface area contributed by atoms with Gasteiger partial charge in [-0.3, -0.25) is 0 Å². The summed E-state index contributed by atoms with van der Waals surface area (Å²) < 4.78 is 24.1. The first kappa shape index (κ1) is 25.5. The van der Waals surface area contributed by atoms with Gasteiger partial charge in [-0.15, -0.1) is 0 Å². The normalized spacial score (nSPS) is 29.5. The highest BCUT2D eigenvalue weighted by atomic mass is 16.6. The predicted octanol–water partition coefficient (Wildman–Crippen LogP) is 4.75. The van der Waals surface area contributed by atoms with E-state index in [4.69, 9.17) is 18.9 Å². The van der Waals surface area contributed by atoms with Gasteiger partial charge in [-0.05, 0) is 61.3 Å². The van der Waals surface area contributed by atoms with Crippen LogP contribution in [-0.4, -0.2) is 59.5 Å². The number of carbonyl (C=O) groups is 2. The van der Waals surface area contributed by atoms with Gasteiger partial charge in [0.15, 0.2) is 0 Å². The molecule has 8 heteroatoms. The van der Waals surface area contributed by atoms with Crippen molar-refractivity contribution in [3.8, 4) is 0 Å². The Kier molecular flexibility index (Phi) is 8.02. The summed E-state index contributed by atoms with van der Waals surface area (Å²) in [7, 11) is 0. The molecule has 0 aromatic carbocycles. The SMILES string of the molecule is CC1CCC(COC(=O)c2ccc[nH]2)OC1C1CCC(COC(=O)c2ccc[nH]2)OC1C(C)(C)C. The largest absolute Gasteiger partial charge is 0.458 e. The number of aromatic amines is 2. The molecule has 2 aromatic heterocycles. The Morgan fingerprint density at radius 3 is 1.94 bits per heavy atom. The van der Waals surface area contributed by atoms with Gasteiger partial charge in [0.2, 0.25) is 0 Å². The Balaban J connectivity index is 1.35. The molecule has 0 saturated carbocycles. The van der Waals surface area contributed by atoms with E-state index in [1.807, 2.05) is 0 Å². The maximum atomic E-state index is 12.2. The smallest absolute Gasteiger partial charge is 0.354 e. The van der Waals surface area contributed by atoms with Gasteiger partial charge in [0, 0.05) is 18.3 Å². The molecule has 2 saturated heterocycles. The van der Waals surface area contributed by atoms with E-state index in [1.54, 1.807) is 36.7 Å². The third-order valence-electron chi connectivity index (χ3n) is 7.12. The number of ether oxygens (including phenoxy) is 4. The molecule has 0 spiro atoms. The van der Waals surface area contributed by atoms with Crippen LogP contribution in [0.1, 0.15) is 74.4 Å². The standard InChI is InChI=1S/C27H38N2O6/c1-17-9-10-18(15-32-25(30)21-7-5-13-28-21)34-23(17)20-12-11-19(35-24(20)27(2,3)4)16-33-26(31)22-8-6-14-29-22/h5-8,13-14,17-20,23-24,28-29H,9-12,15-16H2,1-4H3. The summed E-state index contributed by atoms with van der Waals surface area (Å²) in [6.45, 7) is 9.25. The third kappa shape index (κ3) is 6.35. The Morgan fingerprint density at radius 2 is 1.43 bits per heavy atom. The second kappa shape index (κ2) is 11.0. The molecule has 2 fully saturated rings. The fourth-order valence-electron chi connectivity index (χ4n) is 5.30. The van der Waals surface area contributed by atoms with Crippen molar-refractivity contribution in [3.05, 3.63) is 48.0 Å². The predicted molar refractivity (Wildman–Crippen MR) is 130 cm³/mol. The first-order chi connectivity index (χ1) is 16.7. The lowest BCUT2D eigenvalue weighted by Gasteiger charge is -2.49. The second-order valence-corrected chi connectivity index (χ2v) is 10.9. The molecular formula is C27H38N2O6. The molecule has 192 valence electrons. The zero-order valence-corrected chi connectivity index (χ0v) is 21.1. The van der Waals surface area contributed by atoms with Gasteiger partial charge >= 0.3 is 11.9 Å². The Labute approximate surface area is 207 Å². The quantitative estimate of drug-likeness (QED) is 0.548. The van der Waals surface area contributed by atoms with Crippen LogP contribution < -0.4 is 0 Å². The zero-order valence-electron chi connectivity index (χ0n) is 21.1. The van der Waals surface area contributed by atoms with Gasteiger partial charge in [-0.1, -0.05) is 27.7 Å². The van der Waals surface area contributed by atoms with Crippen LogP contribution in [-0.2, 0) is 18.9 Å². The van der Waals surface area contributed by atoms with E-state index in [0.29, 0.717) is 17.3 Å². The fourth-order valence-corrected chi connectivity index (χ4v) is 5.30. The number of nitrogens with one attached hydrogen (secondary N) is 2. The van der Waals surface area contributed by atoms with Crippen molar-refractivity contribution in [2.45, 2.75) is 77.8 Å². The van der Waals surface area contributed by atoms with E-state index in [-0.39, 0.29) is 60.9 Å². The Morgan fingerprint density at radius 1 is 0.886 bits per heavy atom. The summed E-state index contributed by atoms with van der Waals surface area (Å²) in [6, 6.07) is 6.95. The van der Waals surface area contributed by atoms with Crippen molar-refractivity contribution in [2.24, 2.45) is 17.3 Å². The van der Waals surface area contributed by atoms with E-state index in [2.05, 4.69) is 37.7 Å². The van der Waals surface area contributed by atoms with Crippen molar-refractivity contribution >= 4 is 11.9 Å². The Bertz CT molecular complexity index is 949. The molecule has 35 heavy (non-hydrogen) atoms. The fraction of sp³-hybridized carbons (Fsp3) is 0.630. The number of aromatic nitrogens is 2. The molecule has 0 amide bonds. The molecule has 6 atom stereocenters. The van der Waals surface area contributed by atoms with Gasteiger partial charge < -0.3 is 28.9 Å². The van der Waals surface area contributed by atoms with Crippen molar-refractivity contribution in [2.75, 3.05) is 13.2 Å². The van der Waals surface area contributed by atoms with Crippen molar-refractivity contribution in [1.82, 2.24) is 9.97 Å². The van der Waals surface area contributed by atoms with Crippen LogP contribution in [0, 0.1) is 17.3 Å². The van der Waals surface area contributed by atoms with Crippen molar-refractivity contribution in [1.29, 1.82) is 0 Å². The lowest BCUT2D eigenvalue weighted by Crippen LogP contribution is -2.53. The Hall–Kier alpha value is -2.58. The maximum Gasteiger partial charge on any atom is 0.354 e. The first-order valence-corrected chi connectivity index (χ1v) is 12.6. The first-order valence-electron chi connectivity index (χ1n) is 12.6. The van der Waals surface area contributed by atoms with E-state index >= 15 is 0 Å². The highest BCUT2D eigenvalue weighted by Crippen LogP contribution is 2.43. The minimum absolute atomic E-state index is 0.0181. The van der Waals surface area contributed by atoms with Crippen LogP contribution >= 0.6 is 0 Å². The molecule has 0 aliphatic carbocycles. The van der Waals surface area contributed by atoms with Gasteiger partial charge in [0.1, 0.15) is 24.6 Å². The lowest BCUT2D eigenvalue weighted by atomic mass is 9.71. The van der Waals surface area contributed by atoms with Crippen LogP contribution in [0.4, 0.5) is 0 Å². The molecule has 6 unspecified atom stereocenters. The van der Waals surface area contributed by atoms with E-state index in [1.165, 1.54) is 0 Å². The molecule has 2 N–H and O–H groups in total. The van der Waals surface area contributed by atoms with Gasteiger partial charge in [0.05, 0.1) is 24.4 Å². The van der Waals surface area contributed by atoms with Crippen LogP contribution in [0.25, 0.3) is 0 Å². The van der Waals surface area contributed by atoms with Crippen molar-refractivity contribution < 1.29 is 28.5 Å². The average molecular weight is 487 g/mol. The highest BCUT2D eigenvalue weighted by molar-refractivity contribution is 5.87. The van der Waals surface area contributed by atoms with E-state index in [0.717, 1.165) is 25.7 Å². The lowest BCUT2D eigenvalue weighted by molar-refractivity contribution is -0.203. The molecule has 8 nitrogen and oxygen atoms in total. The summed E-state index contributed by atoms with van der Waals surface area (Å²) in [4.78, 5) is 30.2. The molecule has 2 aliphatic rings. The summed E-state index contributed by atoms with van der Waals surface area (Å²) in [5, 5.41) is 0. The number of carbonyl (C=O) groups excluding carboxylic acids is 2. The van der Waals surface area contributed by atoms with Gasteiger partial charge in [-0.25, -0.2) is 9.59 Å². The molecule has 2 aromatic rings. The number of hydrogen-bond donors (Lipinski definition) is 2. The number of H-pyrrole nitrogens is 2. The molecular weight excluding hydrogens is 448 g/mol. The van der Waals surface area contributed by atoms with E-state index < -0.39 is 0 Å². The topological polar surface area (TPSA) is 103 Å². The average Bonchev–Trinajstić information content (AvgIpc) is 3.56. The monoisotopic (exact) mass is 486 g/mol. The molecule has 4 rings (SSSR count). The van der Waals surface area contributed by atoms with Crippen LogP contribution in [0.3, 0.4) is 0 Å². The second-order valence-electron chi connectivity index (χ2n) is 10.9. The summed E-state index contributed by atoms with van der Waals surface area (Å²) >= 11 is 0. The minimum atomic E-state index is -0.367. The van der Waals surface area contributed by atoms with Crippen LogP contribution in [0.5, 0.6) is 0 Å². The number of esters is 2. The molecule has 0 radical (unpaired) electrons. The number of hydrogen-bond acceptors (Lipinski definition) is 6. The summed E-state index contributed by atoms with van der Waals surface area (Å²) in [6.07, 6.45) is 6.71. The molecule has 0 bridgehead atoms. The summed E-state index contributed by atoms with van der Waals surface area (Å²) in [5.41, 5.74) is 0.781. The summed E-state index contributed by atoms with van der Waals surface area (Å²) in [5.74, 6) is -0.138. The minimum Gasteiger partial charge on any atom is -0.458 e. The third-order valence-corrected chi connectivity index (χ3v) is 7.12. The van der Waals surface area contributed by atoms with Crippen molar-refractivity contribution in [3.63, 3.8) is 0 Å². The highest BCUT2D eigenvalue weighted by Gasteiger charge is 2.46. The van der Waals surface area contributed by atoms with Crippen LogP contribution in [0.2, 0.25) is 0 Å². The van der Waals surface area contributed by atoms with Gasteiger partial charge in [0.25, 0.3) is 0 Å². The molecule has 4 heterocycles. The van der Waals surface area contributed by atoms with Crippen LogP contribution in [0.15, 0.2) is 36.7 Å². The maximum absolute atomic E-state index is 12.2. The zero-order chi connectivity index (χ0) is 25.0. The van der Waals surface area contributed by atoms with E-state index in [9.17, 15) is 9.59 Å². The molecule has 2 aliphatic heterocycles. The van der Waals surface area contributed by atoms with Gasteiger partial charge in [-0.2, -0.15) is 0 Å².